The maximum Gasteiger partial charge on any atom is 0.235 e. The molecule has 0 saturated heterocycles. The van der Waals surface area contributed by atoms with Crippen molar-refractivity contribution in [3.05, 3.63) is 24.3 Å². The van der Waals surface area contributed by atoms with Gasteiger partial charge in [-0.2, -0.15) is 0 Å². The van der Waals surface area contributed by atoms with Crippen molar-refractivity contribution in [2.24, 2.45) is 0 Å². The van der Waals surface area contributed by atoms with E-state index in [0.29, 0.717) is 19.5 Å². The molecular formula is C13H20N2O2S. The zero-order valence-corrected chi connectivity index (χ0v) is 11.5. The lowest BCUT2D eigenvalue weighted by Gasteiger charge is -2.29. The zero-order chi connectivity index (χ0) is 13.0. The minimum atomic E-state index is -3.18. The van der Waals surface area contributed by atoms with Crippen molar-refractivity contribution in [2.75, 3.05) is 28.5 Å². The number of anilines is 2. The van der Waals surface area contributed by atoms with Gasteiger partial charge in [-0.1, -0.05) is 25.5 Å². The molecule has 1 aromatic rings. The number of nitrogens with one attached hydrogen (secondary N) is 1. The number of nitrogens with zero attached hydrogens (tertiary/aromatic N) is 1. The van der Waals surface area contributed by atoms with Gasteiger partial charge in [0.15, 0.2) is 0 Å². The van der Waals surface area contributed by atoms with Crippen LogP contribution in [0.3, 0.4) is 0 Å². The quantitative estimate of drug-likeness (QED) is 0.916. The molecule has 18 heavy (non-hydrogen) atoms. The summed E-state index contributed by atoms with van der Waals surface area (Å²) < 4.78 is 26.2. The second-order valence-electron chi connectivity index (χ2n) is 4.54. The Labute approximate surface area is 109 Å². The van der Waals surface area contributed by atoms with Crippen LogP contribution in [-0.4, -0.2) is 27.3 Å². The van der Waals surface area contributed by atoms with E-state index < -0.39 is 10.0 Å². The first-order valence-corrected chi connectivity index (χ1v) is 8.09. The van der Waals surface area contributed by atoms with Gasteiger partial charge >= 0.3 is 0 Å². The number of sulfonamides is 1. The lowest BCUT2D eigenvalue weighted by atomic mass is 10.2. The van der Waals surface area contributed by atoms with E-state index in [-0.39, 0.29) is 5.75 Å². The Morgan fingerprint density at radius 1 is 1.33 bits per heavy atom. The molecule has 0 spiro atoms. The highest BCUT2D eigenvalue weighted by atomic mass is 32.2. The SMILES string of the molecule is CCCCN1c2ccccc2NCCCS1(=O)=O. The largest absolute Gasteiger partial charge is 0.383 e. The zero-order valence-electron chi connectivity index (χ0n) is 10.7. The highest BCUT2D eigenvalue weighted by molar-refractivity contribution is 7.92. The van der Waals surface area contributed by atoms with Crippen LogP contribution in [0.1, 0.15) is 26.2 Å². The Kier molecular flexibility index (Phi) is 4.11. The fraction of sp³-hybridized carbons (Fsp3) is 0.538. The lowest BCUT2D eigenvalue weighted by Crippen LogP contribution is -2.36. The molecule has 1 N–H and O–H groups in total. The van der Waals surface area contributed by atoms with Gasteiger partial charge in [-0.15, -0.1) is 0 Å². The van der Waals surface area contributed by atoms with Crippen molar-refractivity contribution in [1.82, 2.24) is 0 Å². The molecule has 1 aliphatic rings. The van der Waals surface area contributed by atoms with Gasteiger partial charge < -0.3 is 5.32 Å². The molecule has 1 aromatic carbocycles. The van der Waals surface area contributed by atoms with Crippen molar-refractivity contribution in [2.45, 2.75) is 26.2 Å². The Bertz CT molecular complexity index is 499. The standard InChI is InChI=1S/C13H20N2O2S/c1-2-3-10-15-13-8-5-4-7-12(13)14-9-6-11-18(15,16)17/h4-5,7-8,14H,2-3,6,9-11H2,1H3. The topological polar surface area (TPSA) is 49.4 Å². The number of unbranched alkanes of at least 4 members (excludes halogenated alkanes) is 1. The maximum absolute atomic E-state index is 12.3. The molecule has 0 unspecified atom stereocenters. The van der Waals surface area contributed by atoms with Crippen molar-refractivity contribution in [3.63, 3.8) is 0 Å². The molecule has 5 heteroatoms. The Morgan fingerprint density at radius 3 is 2.89 bits per heavy atom. The van der Waals surface area contributed by atoms with Gasteiger partial charge in [-0.3, -0.25) is 4.31 Å². The summed E-state index contributed by atoms with van der Waals surface area (Å²) in [5, 5.41) is 3.30. The summed E-state index contributed by atoms with van der Waals surface area (Å²) in [5.74, 6) is 0.220. The van der Waals surface area contributed by atoms with Crippen LogP contribution in [0.5, 0.6) is 0 Å². The third-order valence-electron chi connectivity index (χ3n) is 3.12. The second-order valence-corrected chi connectivity index (χ2v) is 6.55. The Hall–Kier alpha value is -1.23. The normalized spacial score (nSPS) is 18.4. The maximum atomic E-state index is 12.3. The van der Waals surface area contributed by atoms with Crippen LogP contribution in [0.25, 0.3) is 0 Å². The van der Waals surface area contributed by atoms with Crippen LogP contribution < -0.4 is 9.62 Å². The van der Waals surface area contributed by atoms with E-state index in [0.717, 1.165) is 24.2 Å². The van der Waals surface area contributed by atoms with E-state index in [1.54, 1.807) is 4.31 Å². The van der Waals surface area contributed by atoms with Crippen LogP contribution in [0.2, 0.25) is 0 Å². The highest BCUT2D eigenvalue weighted by Gasteiger charge is 2.25. The van der Waals surface area contributed by atoms with E-state index in [4.69, 9.17) is 0 Å². The molecule has 0 aliphatic carbocycles. The number of hydrogen-bond donors (Lipinski definition) is 1. The molecule has 0 amide bonds. The van der Waals surface area contributed by atoms with Gasteiger partial charge in [0.1, 0.15) is 0 Å². The number of rotatable bonds is 3. The van der Waals surface area contributed by atoms with E-state index >= 15 is 0 Å². The fourth-order valence-corrected chi connectivity index (χ4v) is 3.74. The molecule has 0 saturated carbocycles. The predicted octanol–water partition coefficient (Wildman–Crippen LogP) is 2.44. The van der Waals surface area contributed by atoms with Crippen LogP contribution in [0.4, 0.5) is 11.4 Å². The summed E-state index contributed by atoms with van der Waals surface area (Å²) in [6.07, 6.45) is 2.52. The minimum absolute atomic E-state index is 0.220. The first-order chi connectivity index (χ1) is 8.65. The van der Waals surface area contributed by atoms with Crippen molar-refractivity contribution in [3.8, 4) is 0 Å². The Morgan fingerprint density at radius 2 is 2.11 bits per heavy atom. The van der Waals surface area contributed by atoms with Crippen molar-refractivity contribution >= 4 is 21.4 Å². The fourth-order valence-electron chi connectivity index (χ4n) is 2.14. The summed E-state index contributed by atoms with van der Waals surface area (Å²) in [6.45, 7) is 3.34. The summed E-state index contributed by atoms with van der Waals surface area (Å²) in [5.41, 5.74) is 1.70. The molecule has 0 aromatic heterocycles. The summed E-state index contributed by atoms with van der Waals surface area (Å²) in [4.78, 5) is 0. The smallest absolute Gasteiger partial charge is 0.235 e. The third kappa shape index (κ3) is 2.77. The van der Waals surface area contributed by atoms with Gasteiger partial charge in [0.25, 0.3) is 0 Å². The first-order valence-electron chi connectivity index (χ1n) is 6.48. The minimum Gasteiger partial charge on any atom is -0.383 e. The number of para-hydroxylation sites is 2. The molecule has 100 valence electrons. The van der Waals surface area contributed by atoms with Crippen molar-refractivity contribution < 1.29 is 8.42 Å². The average Bonchev–Trinajstić information content (AvgIpc) is 2.35. The van der Waals surface area contributed by atoms with E-state index in [1.807, 2.05) is 24.3 Å². The lowest BCUT2D eigenvalue weighted by molar-refractivity contribution is 0.586. The molecule has 0 bridgehead atoms. The molecule has 4 nitrogen and oxygen atoms in total. The predicted molar refractivity (Wildman–Crippen MR) is 75.6 cm³/mol. The number of benzene rings is 1. The Balaban J connectivity index is 2.41. The van der Waals surface area contributed by atoms with Crippen LogP contribution in [0, 0.1) is 0 Å². The second kappa shape index (κ2) is 5.61. The average molecular weight is 268 g/mol. The third-order valence-corrected chi connectivity index (χ3v) is 4.97. The molecule has 0 radical (unpaired) electrons. The first kappa shape index (κ1) is 13.2. The van der Waals surface area contributed by atoms with Crippen LogP contribution in [0.15, 0.2) is 24.3 Å². The highest BCUT2D eigenvalue weighted by Crippen LogP contribution is 2.30. The monoisotopic (exact) mass is 268 g/mol. The van der Waals surface area contributed by atoms with Crippen molar-refractivity contribution in [1.29, 1.82) is 0 Å². The van der Waals surface area contributed by atoms with Gasteiger partial charge in [0.05, 0.1) is 17.1 Å². The van der Waals surface area contributed by atoms with Crippen LogP contribution in [-0.2, 0) is 10.0 Å². The molecular weight excluding hydrogens is 248 g/mol. The van der Waals surface area contributed by atoms with Gasteiger partial charge in [0, 0.05) is 13.1 Å². The molecule has 1 heterocycles. The van der Waals surface area contributed by atoms with E-state index in [1.165, 1.54) is 0 Å². The number of fused-ring (bicyclic) bond motifs is 1. The van der Waals surface area contributed by atoms with Crippen LogP contribution >= 0.6 is 0 Å². The summed E-state index contributed by atoms with van der Waals surface area (Å²) in [7, 11) is -3.18. The summed E-state index contributed by atoms with van der Waals surface area (Å²) >= 11 is 0. The molecule has 1 aliphatic heterocycles. The van der Waals surface area contributed by atoms with E-state index in [9.17, 15) is 8.42 Å². The molecule has 2 rings (SSSR count). The van der Waals surface area contributed by atoms with Gasteiger partial charge in [-0.05, 0) is 25.0 Å². The van der Waals surface area contributed by atoms with Gasteiger partial charge in [-0.25, -0.2) is 8.42 Å². The number of hydrogen-bond acceptors (Lipinski definition) is 3. The van der Waals surface area contributed by atoms with Gasteiger partial charge in [0.2, 0.25) is 10.0 Å². The van der Waals surface area contributed by atoms with E-state index in [2.05, 4.69) is 12.2 Å². The molecule has 0 atom stereocenters. The summed E-state index contributed by atoms with van der Waals surface area (Å²) in [6, 6.07) is 7.63. The molecule has 0 fully saturated rings.